The molecule has 0 fully saturated rings. The van der Waals surface area contributed by atoms with Gasteiger partial charge in [0.15, 0.2) is 0 Å². The van der Waals surface area contributed by atoms with E-state index < -0.39 is 6.10 Å². The van der Waals surface area contributed by atoms with Crippen LogP contribution in [0.2, 0.25) is 0 Å². The fourth-order valence-corrected chi connectivity index (χ4v) is 1.50. The summed E-state index contributed by atoms with van der Waals surface area (Å²) < 4.78 is 1.36. The predicted molar refractivity (Wildman–Crippen MR) is 54.9 cm³/mol. The lowest BCUT2D eigenvalue weighted by atomic mass is 10.1. The molecule has 1 atom stereocenters. The molecule has 0 aliphatic heterocycles. The molecule has 2 aromatic rings. The molecule has 0 spiro atoms. The lowest BCUT2D eigenvalue weighted by Gasteiger charge is -2.11. The number of rotatable bonds is 3. The quantitative estimate of drug-likeness (QED) is 0.781. The van der Waals surface area contributed by atoms with E-state index in [9.17, 15) is 5.11 Å². The molecule has 2 rings (SSSR count). The van der Waals surface area contributed by atoms with Crippen LogP contribution in [0.25, 0.3) is 0 Å². The lowest BCUT2D eigenvalue weighted by molar-refractivity contribution is 0.161. The summed E-state index contributed by atoms with van der Waals surface area (Å²) in [7, 11) is 0. The van der Waals surface area contributed by atoms with E-state index in [1.54, 1.807) is 12.3 Å². The summed E-state index contributed by atoms with van der Waals surface area (Å²) in [5.41, 5.74) is 1.37. The minimum atomic E-state index is -0.749. The van der Waals surface area contributed by atoms with E-state index in [1.807, 2.05) is 30.3 Å². The third-order valence-corrected chi connectivity index (χ3v) is 2.28. The van der Waals surface area contributed by atoms with E-state index in [1.165, 1.54) is 4.68 Å². The maximum Gasteiger partial charge on any atom is 0.136 e. The Morgan fingerprint density at radius 1 is 1.20 bits per heavy atom. The molecule has 0 saturated carbocycles. The highest BCUT2D eigenvalue weighted by Gasteiger charge is 2.14. The molecule has 0 amide bonds. The van der Waals surface area contributed by atoms with Gasteiger partial charge in [-0.1, -0.05) is 30.3 Å². The summed E-state index contributed by atoms with van der Waals surface area (Å²) in [6.07, 6.45) is 0.804. The van der Waals surface area contributed by atoms with E-state index >= 15 is 0 Å². The molecule has 0 aliphatic carbocycles. The molecule has 2 N–H and O–H groups in total. The van der Waals surface area contributed by atoms with Crippen LogP contribution < -0.4 is 0 Å². The number of aliphatic hydroxyl groups is 2. The van der Waals surface area contributed by atoms with E-state index in [-0.39, 0.29) is 6.73 Å². The van der Waals surface area contributed by atoms with Crippen molar-refractivity contribution in [2.75, 3.05) is 0 Å². The van der Waals surface area contributed by atoms with Crippen molar-refractivity contribution in [2.45, 2.75) is 12.8 Å². The summed E-state index contributed by atoms with van der Waals surface area (Å²) >= 11 is 0. The first-order valence-corrected chi connectivity index (χ1v) is 4.68. The van der Waals surface area contributed by atoms with Crippen molar-refractivity contribution >= 4 is 0 Å². The van der Waals surface area contributed by atoms with E-state index in [4.69, 9.17) is 5.11 Å². The monoisotopic (exact) mass is 204 g/mol. The SMILES string of the molecule is OCn1nccc1C(O)c1ccccc1. The molecule has 0 aliphatic rings. The topological polar surface area (TPSA) is 58.3 Å². The Bertz CT molecular complexity index is 425. The van der Waals surface area contributed by atoms with Gasteiger partial charge < -0.3 is 10.2 Å². The predicted octanol–water partition coefficient (Wildman–Crippen LogP) is 0.915. The summed E-state index contributed by atoms with van der Waals surface area (Å²) in [6, 6.07) is 11.0. The third-order valence-electron chi connectivity index (χ3n) is 2.28. The molecule has 4 nitrogen and oxygen atoms in total. The third kappa shape index (κ3) is 1.91. The van der Waals surface area contributed by atoms with Crippen LogP contribution in [-0.2, 0) is 6.73 Å². The summed E-state index contributed by atoms with van der Waals surface area (Å²) in [5.74, 6) is 0. The first-order valence-electron chi connectivity index (χ1n) is 4.68. The van der Waals surface area contributed by atoms with Gasteiger partial charge >= 0.3 is 0 Å². The molecular formula is C11H12N2O2. The number of hydrogen-bond donors (Lipinski definition) is 2. The van der Waals surface area contributed by atoms with Crippen molar-refractivity contribution in [1.82, 2.24) is 9.78 Å². The van der Waals surface area contributed by atoms with Crippen LogP contribution in [-0.4, -0.2) is 20.0 Å². The molecule has 1 heterocycles. The molecule has 1 aromatic heterocycles. The van der Waals surface area contributed by atoms with Gasteiger partial charge in [-0.15, -0.1) is 0 Å². The Kier molecular flexibility index (Phi) is 2.80. The van der Waals surface area contributed by atoms with Gasteiger partial charge in [0.1, 0.15) is 12.8 Å². The van der Waals surface area contributed by atoms with Crippen molar-refractivity contribution in [3.63, 3.8) is 0 Å². The minimum absolute atomic E-state index is 0.230. The van der Waals surface area contributed by atoms with Gasteiger partial charge in [0.05, 0.1) is 5.69 Å². The maximum absolute atomic E-state index is 10.0. The van der Waals surface area contributed by atoms with Crippen molar-refractivity contribution in [3.8, 4) is 0 Å². The molecule has 1 unspecified atom stereocenters. The fourth-order valence-electron chi connectivity index (χ4n) is 1.50. The second-order valence-electron chi connectivity index (χ2n) is 3.21. The molecule has 15 heavy (non-hydrogen) atoms. The number of hydrogen-bond acceptors (Lipinski definition) is 3. The number of benzene rings is 1. The van der Waals surface area contributed by atoms with Crippen LogP contribution in [0, 0.1) is 0 Å². The van der Waals surface area contributed by atoms with Gasteiger partial charge in [-0.25, -0.2) is 4.68 Å². The van der Waals surface area contributed by atoms with Gasteiger partial charge in [-0.3, -0.25) is 0 Å². The molecule has 0 radical (unpaired) electrons. The summed E-state index contributed by atoms with van der Waals surface area (Å²) in [5, 5.41) is 22.9. The van der Waals surface area contributed by atoms with Crippen LogP contribution in [0.4, 0.5) is 0 Å². The van der Waals surface area contributed by atoms with Gasteiger partial charge in [-0.2, -0.15) is 5.10 Å². The second kappa shape index (κ2) is 4.25. The zero-order valence-electron chi connectivity index (χ0n) is 8.11. The van der Waals surface area contributed by atoms with Crippen molar-refractivity contribution in [3.05, 3.63) is 53.9 Å². The maximum atomic E-state index is 10.0. The standard InChI is InChI=1S/C11H12N2O2/c14-8-13-10(6-7-12-13)11(15)9-4-2-1-3-5-9/h1-7,11,14-15H,8H2. The number of aliphatic hydroxyl groups excluding tert-OH is 2. The Labute approximate surface area is 87.4 Å². The van der Waals surface area contributed by atoms with Crippen molar-refractivity contribution < 1.29 is 10.2 Å². The van der Waals surface area contributed by atoms with Gasteiger partial charge in [0.2, 0.25) is 0 Å². The molecule has 1 aromatic carbocycles. The molecule has 0 bridgehead atoms. The van der Waals surface area contributed by atoms with E-state index in [0.717, 1.165) is 5.56 Å². The highest BCUT2D eigenvalue weighted by Crippen LogP contribution is 2.20. The highest BCUT2D eigenvalue weighted by molar-refractivity contribution is 5.25. The van der Waals surface area contributed by atoms with Crippen LogP contribution >= 0.6 is 0 Å². The highest BCUT2D eigenvalue weighted by atomic mass is 16.3. The normalized spacial score (nSPS) is 12.7. The Hall–Kier alpha value is -1.65. The molecule has 0 saturated heterocycles. The Balaban J connectivity index is 2.32. The second-order valence-corrected chi connectivity index (χ2v) is 3.21. The number of aromatic nitrogens is 2. The van der Waals surface area contributed by atoms with Crippen molar-refractivity contribution in [1.29, 1.82) is 0 Å². The van der Waals surface area contributed by atoms with Crippen LogP contribution in [0.1, 0.15) is 17.4 Å². The lowest BCUT2D eigenvalue weighted by Crippen LogP contribution is -2.09. The average Bonchev–Trinajstić information content (AvgIpc) is 2.77. The fraction of sp³-hybridized carbons (Fsp3) is 0.182. The molecule has 4 heteroatoms. The van der Waals surface area contributed by atoms with Crippen LogP contribution in [0.15, 0.2) is 42.6 Å². The van der Waals surface area contributed by atoms with Gasteiger partial charge in [-0.05, 0) is 11.6 Å². The van der Waals surface area contributed by atoms with Crippen molar-refractivity contribution in [2.24, 2.45) is 0 Å². The van der Waals surface area contributed by atoms with Gasteiger partial charge in [0, 0.05) is 6.20 Å². The van der Waals surface area contributed by atoms with Crippen LogP contribution in [0.5, 0.6) is 0 Å². The minimum Gasteiger partial charge on any atom is -0.382 e. The van der Waals surface area contributed by atoms with Crippen LogP contribution in [0.3, 0.4) is 0 Å². The smallest absolute Gasteiger partial charge is 0.136 e. The Morgan fingerprint density at radius 3 is 2.60 bits per heavy atom. The Morgan fingerprint density at radius 2 is 1.93 bits per heavy atom. The average molecular weight is 204 g/mol. The number of nitrogens with zero attached hydrogens (tertiary/aromatic N) is 2. The van der Waals surface area contributed by atoms with E-state index in [0.29, 0.717) is 5.69 Å². The van der Waals surface area contributed by atoms with Gasteiger partial charge in [0.25, 0.3) is 0 Å². The summed E-state index contributed by atoms with van der Waals surface area (Å²) in [4.78, 5) is 0. The molecular weight excluding hydrogens is 192 g/mol. The zero-order valence-corrected chi connectivity index (χ0v) is 8.11. The largest absolute Gasteiger partial charge is 0.382 e. The molecule has 78 valence electrons. The zero-order chi connectivity index (χ0) is 10.7. The first-order chi connectivity index (χ1) is 7.33. The summed E-state index contributed by atoms with van der Waals surface area (Å²) in [6.45, 7) is -0.230. The van der Waals surface area contributed by atoms with E-state index in [2.05, 4.69) is 5.10 Å². The first kappa shape index (κ1) is 9.89.